The largest absolute Gasteiger partial charge is 0.396 e. The van der Waals surface area contributed by atoms with Gasteiger partial charge in [0.2, 0.25) is 0 Å². The molecule has 0 saturated heterocycles. The lowest BCUT2D eigenvalue weighted by Crippen LogP contribution is -2.26. The molecule has 16 heavy (non-hydrogen) atoms. The number of hydrogen-bond acceptors (Lipinski definition) is 3. The number of aliphatic hydroxyl groups is 1. The second kappa shape index (κ2) is 7.36. The standard InChI is InChI=1S/C13H22N2O/c1-3-12(6-9-16)10-15-11(2)13-4-7-14-8-5-13/h4-5,7-8,11-12,15-16H,3,6,9-10H2,1-2H3. The fourth-order valence-corrected chi connectivity index (χ4v) is 1.75. The molecule has 0 saturated carbocycles. The number of rotatable bonds is 7. The molecule has 0 bridgehead atoms. The van der Waals surface area contributed by atoms with E-state index in [-0.39, 0.29) is 6.61 Å². The van der Waals surface area contributed by atoms with Crippen LogP contribution in [-0.2, 0) is 0 Å². The van der Waals surface area contributed by atoms with E-state index >= 15 is 0 Å². The van der Waals surface area contributed by atoms with Crippen LogP contribution in [0.5, 0.6) is 0 Å². The van der Waals surface area contributed by atoms with Gasteiger partial charge < -0.3 is 10.4 Å². The van der Waals surface area contributed by atoms with E-state index in [9.17, 15) is 0 Å². The van der Waals surface area contributed by atoms with Crippen LogP contribution in [0.2, 0.25) is 0 Å². The van der Waals surface area contributed by atoms with Crippen molar-refractivity contribution in [2.75, 3.05) is 13.2 Å². The quantitative estimate of drug-likeness (QED) is 0.743. The first-order chi connectivity index (χ1) is 7.77. The van der Waals surface area contributed by atoms with Crippen molar-refractivity contribution in [3.05, 3.63) is 30.1 Å². The Hall–Kier alpha value is -0.930. The minimum atomic E-state index is 0.282. The topological polar surface area (TPSA) is 45.1 Å². The van der Waals surface area contributed by atoms with Gasteiger partial charge in [-0.2, -0.15) is 0 Å². The van der Waals surface area contributed by atoms with Crippen molar-refractivity contribution < 1.29 is 5.11 Å². The minimum Gasteiger partial charge on any atom is -0.396 e. The third-order valence-corrected chi connectivity index (χ3v) is 3.03. The molecule has 2 atom stereocenters. The molecule has 0 aliphatic heterocycles. The van der Waals surface area contributed by atoms with E-state index < -0.39 is 0 Å². The molecule has 0 fully saturated rings. The minimum absolute atomic E-state index is 0.282. The Morgan fingerprint density at radius 2 is 2.06 bits per heavy atom. The summed E-state index contributed by atoms with van der Waals surface area (Å²) >= 11 is 0. The van der Waals surface area contributed by atoms with Gasteiger partial charge in [-0.05, 0) is 43.5 Å². The van der Waals surface area contributed by atoms with Crippen molar-refractivity contribution in [2.45, 2.75) is 32.7 Å². The highest BCUT2D eigenvalue weighted by molar-refractivity contribution is 5.13. The maximum atomic E-state index is 8.91. The number of aliphatic hydroxyl groups excluding tert-OH is 1. The van der Waals surface area contributed by atoms with Gasteiger partial charge in [0, 0.05) is 25.0 Å². The maximum absolute atomic E-state index is 8.91. The second-order valence-electron chi connectivity index (χ2n) is 4.20. The lowest BCUT2D eigenvalue weighted by molar-refractivity contribution is 0.249. The molecule has 2 N–H and O–H groups in total. The summed E-state index contributed by atoms with van der Waals surface area (Å²) in [6.07, 6.45) is 5.63. The van der Waals surface area contributed by atoms with Gasteiger partial charge in [-0.1, -0.05) is 13.3 Å². The molecule has 1 aromatic rings. The first-order valence-corrected chi connectivity index (χ1v) is 6.02. The summed E-state index contributed by atoms with van der Waals surface area (Å²) in [4.78, 5) is 4.01. The number of aromatic nitrogens is 1. The maximum Gasteiger partial charge on any atom is 0.0434 e. The SMILES string of the molecule is CCC(CCO)CNC(C)c1ccncc1. The summed E-state index contributed by atoms with van der Waals surface area (Å²) < 4.78 is 0. The third-order valence-electron chi connectivity index (χ3n) is 3.03. The Morgan fingerprint density at radius 3 is 2.62 bits per heavy atom. The highest BCUT2D eigenvalue weighted by atomic mass is 16.3. The summed E-state index contributed by atoms with van der Waals surface area (Å²) in [6, 6.07) is 4.41. The molecule has 0 radical (unpaired) electrons. The van der Waals surface area contributed by atoms with Gasteiger partial charge in [0.25, 0.3) is 0 Å². The summed E-state index contributed by atoms with van der Waals surface area (Å²) in [5.41, 5.74) is 1.26. The van der Waals surface area contributed by atoms with Crippen LogP contribution in [0.3, 0.4) is 0 Å². The highest BCUT2D eigenvalue weighted by Gasteiger charge is 2.09. The Morgan fingerprint density at radius 1 is 1.38 bits per heavy atom. The lowest BCUT2D eigenvalue weighted by Gasteiger charge is -2.19. The van der Waals surface area contributed by atoms with E-state index in [1.807, 2.05) is 24.5 Å². The van der Waals surface area contributed by atoms with Gasteiger partial charge in [0.05, 0.1) is 0 Å². The number of nitrogens with zero attached hydrogens (tertiary/aromatic N) is 1. The lowest BCUT2D eigenvalue weighted by atomic mass is 10.0. The molecular formula is C13H22N2O. The Bertz CT molecular complexity index is 277. The van der Waals surface area contributed by atoms with E-state index in [0.717, 1.165) is 19.4 Å². The third kappa shape index (κ3) is 4.29. The van der Waals surface area contributed by atoms with Gasteiger partial charge in [-0.25, -0.2) is 0 Å². The molecule has 3 nitrogen and oxygen atoms in total. The van der Waals surface area contributed by atoms with E-state index in [2.05, 4.69) is 24.1 Å². The van der Waals surface area contributed by atoms with E-state index in [1.54, 1.807) is 0 Å². The smallest absolute Gasteiger partial charge is 0.0434 e. The molecule has 0 aliphatic carbocycles. The van der Waals surface area contributed by atoms with Gasteiger partial charge in [0.1, 0.15) is 0 Å². The van der Waals surface area contributed by atoms with Crippen LogP contribution >= 0.6 is 0 Å². The molecule has 1 heterocycles. The van der Waals surface area contributed by atoms with Crippen LogP contribution in [0.1, 0.15) is 38.3 Å². The molecule has 0 spiro atoms. The van der Waals surface area contributed by atoms with E-state index in [4.69, 9.17) is 5.11 Å². The Balaban J connectivity index is 2.37. The zero-order chi connectivity index (χ0) is 11.8. The Kier molecular flexibility index (Phi) is 6.04. The average molecular weight is 222 g/mol. The molecule has 0 amide bonds. The fourth-order valence-electron chi connectivity index (χ4n) is 1.75. The van der Waals surface area contributed by atoms with Crippen molar-refractivity contribution >= 4 is 0 Å². The zero-order valence-electron chi connectivity index (χ0n) is 10.2. The molecule has 2 unspecified atom stereocenters. The summed E-state index contributed by atoms with van der Waals surface area (Å²) in [6.45, 7) is 5.56. The molecule has 90 valence electrons. The monoisotopic (exact) mass is 222 g/mol. The van der Waals surface area contributed by atoms with Crippen LogP contribution < -0.4 is 5.32 Å². The van der Waals surface area contributed by atoms with Crippen LogP contribution in [0, 0.1) is 5.92 Å². The molecule has 0 aromatic carbocycles. The highest BCUT2D eigenvalue weighted by Crippen LogP contribution is 2.12. The van der Waals surface area contributed by atoms with Crippen LogP contribution in [0.15, 0.2) is 24.5 Å². The van der Waals surface area contributed by atoms with Crippen LogP contribution in [0.4, 0.5) is 0 Å². The molecule has 0 aliphatic rings. The van der Waals surface area contributed by atoms with Gasteiger partial charge in [0.15, 0.2) is 0 Å². The number of nitrogens with one attached hydrogen (secondary N) is 1. The zero-order valence-corrected chi connectivity index (χ0v) is 10.2. The fraction of sp³-hybridized carbons (Fsp3) is 0.615. The first-order valence-electron chi connectivity index (χ1n) is 6.02. The van der Waals surface area contributed by atoms with Gasteiger partial charge in [-0.15, -0.1) is 0 Å². The Labute approximate surface area is 97.9 Å². The summed E-state index contributed by atoms with van der Waals surface area (Å²) in [5.74, 6) is 0.564. The van der Waals surface area contributed by atoms with Crippen LogP contribution in [0.25, 0.3) is 0 Å². The normalized spacial score (nSPS) is 14.7. The van der Waals surface area contributed by atoms with Crippen molar-refractivity contribution in [2.24, 2.45) is 5.92 Å². The molecule has 3 heteroatoms. The van der Waals surface area contributed by atoms with Crippen molar-refractivity contribution in [3.8, 4) is 0 Å². The van der Waals surface area contributed by atoms with Gasteiger partial charge in [-0.3, -0.25) is 4.98 Å². The summed E-state index contributed by atoms with van der Waals surface area (Å²) in [5, 5.41) is 12.4. The van der Waals surface area contributed by atoms with E-state index in [1.165, 1.54) is 5.56 Å². The summed E-state index contributed by atoms with van der Waals surface area (Å²) in [7, 11) is 0. The molecular weight excluding hydrogens is 200 g/mol. The predicted octanol–water partition coefficient (Wildman–Crippen LogP) is 2.14. The van der Waals surface area contributed by atoms with Crippen molar-refractivity contribution in [1.82, 2.24) is 10.3 Å². The van der Waals surface area contributed by atoms with Crippen molar-refractivity contribution in [3.63, 3.8) is 0 Å². The van der Waals surface area contributed by atoms with Gasteiger partial charge >= 0.3 is 0 Å². The number of hydrogen-bond donors (Lipinski definition) is 2. The number of pyridine rings is 1. The predicted molar refractivity (Wildman–Crippen MR) is 66.1 cm³/mol. The average Bonchev–Trinajstić information content (AvgIpc) is 2.35. The first kappa shape index (κ1) is 13.1. The molecule has 1 rings (SSSR count). The van der Waals surface area contributed by atoms with E-state index in [0.29, 0.717) is 12.0 Å². The second-order valence-corrected chi connectivity index (χ2v) is 4.20. The van der Waals surface area contributed by atoms with Crippen molar-refractivity contribution in [1.29, 1.82) is 0 Å². The van der Waals surface area contributed by atoms with Crippen LogP contribution in [-0.4, -0.2) is 23.2 Å². The molecule has 1 aromatic heterocycles.